The van der Waals surface area contributed by atoms with Gasteiger partial charge in [0.05, 0.1) is 10.0 Å². The zero-order valence-electron chi connectivity index (χ0n) is 9.04. The molecule has 1 rings (SSSR count). The molecule has 0 fully saturated rings. The zero-order chi connectivity index (χ0) is 13.1. The van der Waals surface area contributed by atoms with Gasteiger partial charge in [0, 0.05) is 6.54 Å². The minimum Gasteiger partial charge on any atom is -0.370 e. The van der Waals surface area contributed by atoms with E-state index in [2.05, 4.69) is 26.2 Å². The van der Waals surface area contributed by atoms with E-state index in [1.807, 2.05) is 6.92 Å². The number of alkyl halides is 3. The van der Waals surface area contributed by atoms with E-state index in [0.29, 0.717) is 6.54 Å². The summed E-state index contributed by atoms with van der Waals surface area (Å²) in [6, 6.07) is 0.950. The number of hydrogen-bond donors (Lipinski definition) is 1. The van der Waals surface area contributed by atoms with Crippen molar-refractivity contribution in [3.05, 3.63) is 21.3 Å². The first-order valence-corrected chi connectivity index (χ1v) is 6.20. The van der Waals surface area contributed by atoms with Gasteiger partial charge in [0.2, 0.25) is 0 Å². The van der Waals surface area contributed by atoms with Crippen molar-refractivity contribution in [1.29, 1.82) is 0 Å². The number of pyridine rings is 1. The van der Waals surface area contributed by atoms with E-state index in [1.54, 1.807) is 0 Å². The van der Waals surface area contributed by atoms with E-state index in [0.717, 1.165) is 18.9 Å². The largest absolute Gasteiger partial charge is 0.417 e. The van der Waals surface area contributed by atoms with Crippen molar-refractivity contribution in [2.24, 2.45) is 0 Å². The molecule has 1 heterocycles. The van der Waals surface area contributed by atoms with Crippen molar-refractivity contribution < 1.29 is 13.2 Å². The fraction of sp³-hybridized carbons (Fsp3) is 0.500. The van der Waals surface area contributed by atoms with Crippen LogP contribution in [0.5, 0.6) is 0 Å². The van der Waals surface area contributed by atoms with Crippen molar-refractivity contribution in [3.63, 3.8) is 0 Å². The maximum atomic E-state index is 12.7. The smallest absolute Gasteiger partial charge is 0.370 e. The SMILES string of the molecule is CCCCNc1cc(C(F)(F)F)c(Br)c(Cl)n1. The second-order valence-electron chi connectivity index (χ2n) is 3.44. The highest BCUT2D eigenvalue weighted by Crippen LogP contribution is 2.38. The van der Waals surface area contributed by atoms with Crippen molar-refractivity contribution in [2.75, 3.05) is 11.9 Å². The molecule has 0 spiro atoms. The van der Waals surface area contributed by atoms with E-state index in [4.69, 9.17) is 11.6 Å². The van der Waals surface area contributed by atoms with Gasteiger partial charge < -0.3 is 5.32 Å². The summed E-state index contributed by atoms with van der Waals surface area (Å²) >= 11 is 8.43. The van der Waals surface area contributed by atoms with Crippen molar-refractivity contribution in [3.8, 4) is 0 Å². The number of anilines is 1. The second-order valence-corrected chi connectivity index (χ2v) is 4.59. The molecule has 0 saturated heterocycles. The maximum Gasteiger partial charge on any atom is 0.417 e. The van der Waals surface area contributed by atoms with E-state index < -0.39 is 11.7 Å². The Labute approximate surface area is 111 Å². The molecule has 0 saturated carbocycles. The van der Waals surface area contributed by atoms with Crippen LogP contribution in [0.2, 0.25) is 5.15 Å². The van der Waals surface area contributed by atoms with E-state index >= 15 is 0 Å². The molecule has 0 aliphatic rings. The highest BCUT2D eigenvalue weighted by Gasteiger charge is 2.34. The van der Waals surface area contributed by atoms with Crippen LogP contribution >= 0.6 is 27.5 Å². The van der Waals surface area contributed by atoms with E-state index in [9.17, 15) is 13.2 Å². The lowest BCUT2D eigenvalue weighted by molar-refractivity contribution is -0.138. The van der Waals surface area contributed by atoms with Crippen LogP contribution in [0.25, 0.3) is 0 Å². The molecule has 1 aromatic rings. The Bertz CT molecular complexity index is 396. The highest BCUT2D eigenvalue weighted by molar-refractivity contribution is 9.10. The van der Waals surface area contributed by atoms with Gasteiger partial charge in [-0.25, -0.2) is 4.98 Å². The lowest BCUT2D eigenvalue weighted by Crippen LogP contribution is -2.10. The normalized spacial score (nSPS) is 11.6. The summed E-state index contributed by atoms with van der Waals surface area (Å²) in [5.41, 5.74) is -0.823. The zero-order valence-corrected chi connectivity index (χ0v) is 11.4. The minimum absolute atomic E-state index is 0.138. The van der Waals surface area contributed by atoms with Gasteiger partial charge in [-0.3, -0.25) is 0 Å². The van der Waals surface area contributed by atoms with Crippen LogP contribution in [0.4, 0.5) is 19.0 Å². The van der Waals surface area contributed by atoms with Crippen LogP contribution in [0, 0.1) is 0 Å². The number of unbranched alkanes of at least 4 members (excludes halogenated alkanes) is 1. The lowest BCUT2D eigenvalue weighted by Gasteiger charge is -2.12. The molecule has 1 aromatic heterocycles. The number of rotatable bonds is 4. The minimum atomic E-state index is -4.45. The van der Waals surface area contributed by atoms with Crippen LogP contribution < -0.4 is 5.32 Å². The molecular weight excluding hydrogens is 320 g/mol. The molecule has 0 radical (unpaired) electrons. The van der Waals surface area contributed by atoms with Gasteiger partial charge in [-0.05, 0) is 28.4 Å². The summed E-state index contributed by atoms with van der Waals surface area (Å²) in [5.74, 6) is 0.138. The molecule has 0 aliphatic heterocycles. The monoisotopic (exact) mass is 330 g/mol. The number of hydrogen-bond acceptors (Lipinski definition) is 2. The summed E-state index contributed by atoms with van der Waals surface area (Å²) in [6.45, 7) is 2.56. The van der Waals surface area contributed by atoms with Crippen LogP contribution in [0.3, 0.4) is 0 Å². The third-order valence-corrected chi connectivity index (χ3v) is 3.36. The van der Waals surface area contributed by atoms with E-state index in [-0.39, 0.29) is 15.4 Å². The number of aromatic nitrogens is 1. The molecule has 1 N–H and O–H groups in total. The molecule has 0 aromatic carbocycles. The van der Waals surface area contributed by atoms with Crippen LogP contribution in [-0.2, 0) is 6.18 Å². The standard InChI is InChI=1S/C10H11BrClF3N2/c1-2-3-4-16-7-5-6(10(13,14)15)8(11)9(12)17-7/h5H,2-4H2,1H3,(H,16,17). The molecule has 0 amide bonds. The van der Waals surface area contributed by atoms with Gasteiger partial charge in [0.25, 0.3) is 0 Å². The van der Waals surface area contributed by atoms with Crippen LogP contribution in [-0.4, -0.2) is 11.5 Å². The summed E-state index contributed by atoms with van der Waals surface area (Å²) < 4.78 is 37.7. The summed E-state index contributed by atoms with van der Waals surface area (Å²) in [7, 11) is 0. The third kappa shape index (κ3) is 4.03. The van der Waals surface area contributed by atoms with Crippen LogP contribution in [0.1, 0.15) is 25.3 Å². The van der Waals surface area contributed by atoms with Crippen molar-refractivity contribution >= 4 is 33.3 Å². The predicted molar refractivity (Wildman–Crippen MR) is 65.3 cm³/mol. The molecule has 7 heteroatoms. The summed E-state index contributed by atoms with van der Waals surface area (Å²) in [6.07, 6.45) is -2.65. The maximum absolute atomic E-state index is 12.7. The van der Waals surface area contributed by atoms with Gasteiger partial charge >= 0.3 is 6.18 Å². The Balaban J connectivity index is 2.98. The van der Waals surface area contributed by atoms with Gasteiger partial charge in [-0.1, -0.05) is 24.9 Å². The molecule has 0 bridgehead atoms. The molecular formula is C10H11BrClF3N2. The Hall–Kier alpha value is -0.490. The molecule has 17 heavy (non-hydrogen) atoms. The Morgan fingerprint density at radius 1 is 1.47 bits per heavy atom. The predicted octanol–water partition coefficient (Wildman–Crippen LogP) is 4.73. The fourth-order valence-corrected chi connectivity index (χ4v) is 1.81. The average Bonchev–Trinajstić information content (AvgIpc) is 2.21. The number of nitrogens with zero attached hydrogens (tertiary/aromatic N) is 1. The highest BCUT2D eigenvalue weighted by atomic mass is 79.9. The Morgan fingerprint density at radius 2 is 2.12 bits per heavy atom. The number of nitrogens with one attached hydrogen (secondary N) is 1. The van der Waals surface area contributed by atoms with E-state index in [1.165, 1.54) is 0 Å². The third-order valence-electron chi connectivity index (χ3n) is 2.06. The topological polar surface area (TPSA) is 24.9 Å². The molecule has 0 unspecified atom stereocenters. The van der Waals surface area contributed by atoms with Crippen molar-refractivity contribution in [1.82, 2.24) is 4.98 Å². The molecule has 2 nitrogen and oxygen atoms in total. The fourth-order valence-electron chi connectivity index (χ4n) is 1.19. The summed E-state index contributed by atoms with van der Waals surface area (Å²) in [5, 5.41) is 2.61. The second kappa shape index (κ2) is 5.91. The van der Waals surface area contributed by atoms with Gasteiger partial charge in [-0.2, -0.15) is 13.2 Å². The van der Waals surface area contributed by atoms with Crippen LogP contribution in [0.15, 0.2) is 10.5 Å². The average molecular weight is 332 g/mol. The summed E-state index contributed by atoms with van der Waals surface area (Å²) in [4.78, 5) is 3.83. The Morgan fingerprint density at radius 3 is 2.65 bits per heavy atom. The molecule has 96 valence electrons. The Kier molecular flexibility index (Phi) is 5.06. The number of halogens is 5. The quantitative estimate of drug-likeness (QED) is 0.637. The van der Waals surface area contributed by atoms with Gasteiger partial charge in [-0.15, -0.1) is 0 Å². The van der Waals surface area contributed by atoms with Gasteiger partial charge in [0.1, 0.15) is 11.0 Å². The molecule has 0 atom stereocenters. The van der Waals surface area contributed by atoms with Crippen molar-refractivity contribution in [2.45, 2.75) is 25.9 Å². The van der Waals surface area contributed by atoms with Gasteiger partial charge in [0.15, 0.2) is 0 Å². The molecule has 0 aliphatic carbocycles. The first kappa shape index (κ1) is 14.6. The first-order valence-electron chi connectivity index (χ1n) is 5.03. The lowest BCUT2D eigenvalue weighted by atomic mass is 10.2. The first-order chi connectivity index (χ1) is 7.86.